The number of halogens is 1. The number of carbonyl (C=O) groups is 1. The third-order valence-electron chi connectivity index (χ3n) is 5.52. The molecule has 0 aliphatic carbocycles. The molecule has 1 aliphatic rings. The van der Waals surface area contributed by atoms with E-state index in [1.165, 1.54) is 11.0 Å². The zero-order valence-electron chi connectivity index (χ0n) is 19.5. The quantitative estimate of drug-likeness (QED) is 0.551. The highest BCUT2D eigenvalue weighted by atomic mass is 19.1. The number of benzene rings is 1. The Balaban J connectivity index is 1.76. The number of ether oxygens (including phenoxy) is 1. The summed E-state index contributed by atoms with van der Waals surface area (Å²) in [6.07, 6.45) is 1.24. The lowest BCUT2D eigenvalue weighted by atomic mass is 10.0. The van der Waals surface area contributed by atoms with E-state index in [-0.39, 0.29) is 42.3 Å². The van der Waals surface area contributed by atoms with E-state index in [9.17, 15) is 9.18 Å². The van der Waals surface area contributed by atoms with Crippen LogP contribution in [0.2, 0.25) is 0 Å². The number of aliphatic imine (C=N–C) groups is 3. The van der Waals surface area contributed by atoms with Crippen molar-refractivity contribution in [3.05, 3.63) is 53.6 Å². The molecule has 1 amide bonds. The van der Waals surface area contributed by atoms with E-state index in [1.54, 1.807) is 32.3 Å². The number of aromatic nitrogens is 1. The Labute approximate surface area is 193 Å². The van der Waals surface area contributed by atoms with Crippen molar-refractivity contribution in [2.45, 2.75) is 39.8 Å². The van der Waals surface area contributed by atoms with Crippen LogP contribution >= 0.6 is 0 Å². The maximum Gasteiger partial charge on any atom is 0.417 e. The first-order chi connectivity index (χ1) is 15.7. The topological polar surface area (TPSA) is 91.5 Å². The van der Waals surface area contributed by atoms with Gasteiger partial charge in [0.1, 0.15) is 12.4 Å². The summed E-state index contributed by atoms with van der Waals surface area (Å²) >= 11 is 0. The number of nitrogens with zero attached hydrogens (tertiary/aromatic N) is 5. The van der Waals surface area contributed by atoms with Crippen LogP contribution in [0.25, 0.3) is 11.1 Å². The number of guanidine groups is 2. The van der Waals surface area contributed by atoms with Crippen molar-refractivity contribution in [3.63, 3.8) is 0 Å². The minimum Gasteiger partial charge on any atom is -0.447 e. The van der Waals surface area contributed by atoms with E-state index >= 15 is 0 Å². The molecular formula is C24H29FN6O2. The number of pyridine rings is 1. The molecule has 0 unspecified atom stereocenters. The highest BCUT2D eigenvalue weighted by Crippen LogP contribution is 2.23. The largest absolute Gasteiger partial charge is 0.447 e. The molecule has 0 radical (unpaired) electrons. The number of nitrogens with one attached hydrogen (secondary N) is 1. The first-order valence-corrected chi connectivity index (χ1v) is 10.7. The average Bonchev–Trinajstić information content (AvgIpc) is 3.20. The lowest BCUT2D eigenvalue weighted by Crippen LogP contribution is -2.42. The fourth-order valence-corrected chi connectivity index (χ4v) is 3.49. The van der Waals surface area contributed by atoms with E-state index in [4.69, 9.17) is 4.74 Å². The van der Waals surface area contributed by atoms with Crippen LogP contribution in [0.4, 0.5) is 9.18 Å². The highest BCUT2D eigenvalue weighted by molar-refractivity contribution is 6.03. The Morgan fingerprint density at radius 1 is 1.27 bits per heavy atom. The summed E-state index contributed by atoms with van der Waals surface area (Å²) in [5.41, 5.74) is 3.14. The van der Waals surface area contributed by atoms with Gasteiger partial charge in [0.15, 0.2) is 0 Å². The molecule has 3 rings (SSSR count). The van der Waals surface area contributed by atoms with E-state index in [0.29, 0.717) is 5.56 Å². The molecule has 0 bridgehead atoms. The molecule has 2 heterocycles. The van der Waals surface area contributed by atoms with Gasteiger partial charge < -0.3 is 10.1 Å². The predicted octanol–water partition coefficient (Wildman–Crippen LogP) is 4.37. The first-order valence-electron chi connectivity index (χ1n) is 10.7. The molecule has 1 fully saturated rings. The van der Waals surface area contributed by atoms with Crippen LogP contribution in [-0.4, -0.2) is 54.3 Å². The molecule has 1 aromatic heterocycles. The molecule has 2 aromatic rings. The van der Waals surface area contributed by atoms with Gasteiger partial charge in [0, 0.05) is 18.8 Å². The number of hydrogen-bond donors (Lipinski definition) is 1. The van der Waals surface area contributed by atoms with Gasteiger partial charge in [-0.3, -0.25) is 9.98 Å². The average molecular weight is 453 g/mol. The third kappa shape index (κ3) is 5.42. The van der Waals surface area contributed by atoms with Gasteiger partial charge in [-0.2, -0.15) is 4.99 Å². The Morgan fingerprint density at radius 3 is 2.58 bits per heavy atom. The van der Waals surface area contributed by atoms with Crippen LogP contribution in [0.3, 0.4) is 0 Å². The van der Waals surface area contributed by atoms with E-state index in [2.05, 4.69) is 32.0 Å². The lowest BCUT2D eigenvalue weighted by molar-refractivity contribution is 0.168. The maximum absolute atomic E-state index is 13.6. The van der Waals surface area contributed by atoms with Crippen LogP contribution in [0, 0.1) is 18.7 Å². The first kappa shape index (κ1) is 24.0. The Hall–Kier alpha value is -3.62. The van der Waals surface area contributed by atoms with E-state index in [0.717, 1.165) is 16.8 Å². The van der Waals surface area contributed by atoms with Gasteiger partial charge in [0.2, 0.25) is 11.9 Å². The fraction of sp³-hybridized carbons (Fsp3) is 0.375. The van der Waals surface area contributed by atoms with Gasteiger partial charge >= 0.3 is 6.09 Å². The molecule has 174 valence electrons. The second-order valence-corrected chi connectivity index (χ2v) is 8.18. The van der Waals surface area contributed by atoms with Crippen molar-refractivity contribution >= 4 is 24.7 Å². The summed E-state index contributed by atoms with van der Waals surface area (Å²) in [5.74, 6) is 0.340. The molecule has 8 nitrogen and oxygen atoms in total. The second-order valence-electron chi connectivity index (χ2n) is 8.18. The van der Waals surface area contributed by atoms with Crippen molar-refractivity contribution in [2.24, 2.45) is 20.9 Å². The minimum atomic E-state index is -0.503. The summed E-state index contributed by atoms with van der Waals surface area (Å²) in [4.78, 5) is 30.7. The zero-order valence-corrected chi connectivity index (χ0v) is 19.5. The minimum absolute atomic E-state index is 0.131. The number of rotatable bonds is 4. The molecule has 1 aliphatic heterocycles. The molecular weight excluding hydrogens is 423 g/mol. The summed E-state index contributed by atoms with van der Waals surface area (Å²) in [6.45, 7) is 11.5. The third-order valence-corrected chi connectivity index (χ3v) is 5.52. The van der Waals surface area contributed by atoms with Gasteiger partial charge in [-0.1, -0.05) is 26.0 Å². The Bertz CT molecular complexity index is 1080. The summed E-state index contributed by atoms with van der Waals surface area (Å²) in [6, 6.07) is 8.40. The normalized spacial score (nSPS) is 17.8. The Kier molecular flexibility index (Phi) is 7.52. The van der Waals surface area contributed by atoms with E-state index < -0.39 is 6.09 Å². The number of hydrogen-bond acceptors (Lipinski definition) is 4. The van der Waals surface area contributed by atoms with Crippen molar-refractivity contribution in [1.82, 2.24) is 15.2 Å². The summed E-state index contributed by atoms with van der Waals surface area (Å²) in [5, 5.41) is 3.19. The van der Waals surface area contributed by atoms with Crippen LogP contribution in [0.15, 0.2) is 51.5 Å². The summed E-state index contributed by atoms with van der Waals surface area (Å²) in [7, 11) is 1.59. The molecule has 1 N–H and O–H groups in total. The molecule has 0 saturated carbocycles. The molecule has 9 heteroatoms. The van der Waals surface area contributed by atoms with Crippen LogP contribution < -0.4 is 5.32 Å². The van der Waals surface area contributed by atoms with Crippen molar-refractivity contribution in [3.8, 4) is 11.1 Å². The number of amides is 1. The van der Waals surface area contributed by atoms with Gasteiger partial charge in [-0.25, -0.2) is 19.1 Å². The van der Waals surface area contributed by atoms with Crippen LogP contribution in [-0.2, 0) is 4.74 Å². The molecule has 1 saturated heterocycles. The smallest absolute Gasteiger partial charge is 0.417 e. The molecule has 1 aromatic carbocycles. The lowest BCUT2D eigenvalue weighted by Gasteiger charge is -2.23. The molecule has 0 spiro atoms. The van der Waals surface area contributed by atoms with Gasteiger partial charge in [-0.15, -0.1) is 0 Å². The molecule has 33 heavy (non-hydrogen) atoms. The second kappa shape index (κ2) is 10.3. The van der Waals surface area contributed by atoms with Crippen molar-refractivity contribution in [1.29, 1.82) is 0 Å². The zero-order chi connectivity index (χ0) is 24.1. The fourth-order valence-electron chi connectivity index (χ4n) is 3.49. The van der Waals surface area contributed by atoms with Crippen LogP contribution in [0.5, 0.6) is 0 Å². The number of cyclic esters (lactones) is 1. The Morgan fingerprint density at radius 2 is 2.00 bits per heavy atom. The standard InChI is InChI=1S/C24H29FN6O2/c1-14(2)21-13-33-24(32)31(21)23(27-6)30-22(26-5)29-16(4)20-10-8-18(12-28-20)17-7-9-19(25)15(3)11-17/h7-12,14,16,21H,6,13H2,1-5H3,(H,26,29)/t16-,21+/m0/s1. The van der Waals surface area contributed by atoms with Crippen molar-refractivity contribution < 1.29 is 13.9 Å². The van der Waals surface area contributed by atoms with Crippen LogP contribution in [0.1, 0.15) is 38.1 Å². The highest BCUT2D eigenvalue weighted by Gasteiger charge is 2.38. The summed E-state index contributed by atoms with van der Waals surface area (Å²) < 4.78 is 18.7. The van der Waals surface area contributed by atoms with Gasteiger partial charge in [0.05, 0.1) is 17.8 Å². The SMILES string of the molecule is C=NC(=NC(=NC)N[C@@H](C)c1ccc(-c2ccc(F)c(C)c2)cn1)N1C(=O)OC[C@@H]1C(C)C. The van der Waals surface area contributed by atoms with Crippen molar-refractivity contribution in [2.75, 3.05) is 13.7 Å². The van der Waals surface area contributed by atoms with Gasteiger partial charge in [-0.05, 0) is 55.8 Å². The van der Waals surface area contributed by atoms with Gasteiger partial charge in [0.25, 0.3) is 0 Å². The predicted molar refractivity (Wildman–Crippen MR) is 128 cm³/mol. The monoisotopic (exact) mass is 452 g/mol. The van der Waals surface area contributed by atoms with E-state index in [1.807, 2.05) is 32.9 Å². The number of aryl methyl sites for hydroxylation is 1. The number of carbonyl (C=O) groups excluding carboxylic acids is 1. The molecule has 2 atom stereocenters. The maximum atomic E-state index is 13.6.